The van der Waals surface area contributed by atoms with Gasteiger partial charge in [0, 0.05) is 22.4 Å². The van der Waals surface area contributed by atoms with Crippen LogP contribution in [-0.2, 0) is 30.4 Å². The summed E-state index contributed by atoms with van der Waals surface area (Å²) in [5, 5.41) is 6.31. The highest BCUT2D eigenvalue weighted by atomic mass is 16.6. The summed E-state index contributed by atoms with van der Waals surface area (Å²) in [5.74, 6) is -0.955. The number of ether oxygens (including phenoxy) is 2. The van der Waals surface area contributed by atoms with E-state index in [1.807, 2.05) is 84.9 Å². The minimum atomic E-state index is -1.61. The van der Waals surface area contributed by atoms with Crippen LogP contribution in [0.1, 0.15) is 37.5 Å². The molecule has 2 aliphatic heterocycles. The Hall–Kier alpha value is -3.48. The number of hydrogen-bond acceptors (Lipinski definition) is 5. The number of hydrogen-bond donors (Lipinski definition) is 2. The summed E-state index contributed by atoms with van der Waals surface area (Å²) in [6.45, 7) is 5.41. The topological polar surface area (TPSA) is 76.7 Å². The van der Waals surface area contributed by atoms with Crippen molar-refractivity contribution >= 4 is 17.6 Å². The van der Waals surface area contributed by atoms with Crippen LogP contribution in [0.25, 0.3) is 0 Å². The molecule has 1 fully saturated rings. The standard InChI is InChI=1S/C27H26N2O4/c1-25(2,3)32-23(30)22-26(20-16-10-11-17-21(20)28-24(26)31)33-27(29-22,18-12-6-4-7-13-18)19-14-8-5-9-15-19/h4-17,22,29H,1-3H3,(H,28,31). The first kappa shape index (κ1) is 21.4. The molecule has 0 aromatic heterocycles. The van der Waals surface area contributed by atoms with Gasteiger partial charge in [0.25, 0.3) is 5.91 Å². The van der Waals surface area contributed by atoms with Crippen molar-refractivity contribution in [3.05, 3.63) is 102 Å². The Bertz CT molecular complexity index is 1160. The number of para-hydroxylation sites is 1. The van der Waals surface area contributed by atoms with Crippen molar-refractivity contribution in [2.24, 2.45) is 0 Å². The normalized spacial score (nSPS) is 23.2. The van der Waals surface area contributed by atoms with Gasteiger partial charge in [-0.1, -0.05) is 78.9 Å². The molecule has 6 heteroatoms. The van der Waals surface area contributed by atoms with E-state index in [-0.39, 0.29) is 0 Å². The van der Waals surface area contributed by atoms with Crippen molar-refractivity contribution in [1.82, 2.24) is 5.32 Å². The summed E-state index contributed by atoms with van der Waals surface area (Å²) in [6, 6.07) is 25.3. The van der Waals surface area contributed by atoms with Gasteiger partial charge in [-0.05, 0) is 26.8 Å². The maximum absolute atomic E-state index is 13.6. The lowest BCUT2D eigenvalue weighted by Crippen LogP contribution is -2.53. The minimum Gasteiger partial charge on any atom is -0.459 e. The van der Waals surface area contributed by atoms with Gasteiger partial charge in [-0.2, -0.15) is 0 Å². The van der Waals surface area contributed by atoms with Crippen molar-refractivity contribution in [1.29, 1.82) is 0 Å². The van der Waals surface area contributed by atoms with Crippen LogP contribution in [0, 0.1) is 0 Å². The minimum absolute atomic E-state index is 0.402. The van der Waals surface area contributed by atoms with E-state index in [0.717, 1.165) is 11.1 Å². The van der Waals surface area contributed by atoms with Crippen molar-refractivity contribution in [2.45, 2.75) is 43.7 Å². The van der Waals surface area contributed by atoms with E-state index in [9.17, 15) is 9.59 Å². The molecular weight excluding hydrogens is 416 g/mol. The van der Waals surface area contributed by atoms with E-state index in [2.05, 4.69) is 10.6 Å². The van der Waals surface area contributed by atoms with E-state index in [0.29, 0.717) is 11.3 Å². The number of carbonyl (C=O) groups is 2. The summed E-state index contributed by atoms with van der Waals surface area (Å²) in [7, 11) is 0. The Morgan fingerprint density at radius 2 is 1.42 bits per heavy atom. The number of carbonyl (C=O) groups excluding carboxylic acids is 2. The fourth-order valence-corrected chi connectivity index (χ4v) is 4.66. The summed E-state index contributed by atoms with van der Waals surface area (Å²) < 4.78 is 12.6. The highest BCUT2D eigenvalue weighted by Crippen LogP contribution is 2.52. The molecule has 2 unspecified atom stereocenters. The first-order valence-corrected chi connectivity index (χ1v) is 11.0. The predicted octanol–water partition coefficient (Wildman–Crippen LogP) is 4.07. The molecule has 1 amide bonds. The zero-order chi connectivity index (χ0) is 23.3. The number of anilines is 1. The molecule has 3 aromatic rings. The summed E-state index contributed by atoms with van der Waals surface area (Å²) in [4.78, 5) is 27.2. The third-order valence-corrected chi connectivity index (χ3v) is 5.98. The Morgan fingerprint density at radius 1 is 0.879 bits per heavy atom. The number of fused-ring (bicyclic) bond motifs is 2. The molecule has 0 saturated carbocycles. The van der Waals surface area contributed by atoms with E-state index in [1.54, 1.807) is 20.8 Å². The van der Waals surface area contributed by atoms with Crippen LogP contribution in [0.3, 0.4) is 0 Å². The molecule has 0 bridgehead atoms. The quantitative estimate of drug-likeness (QED) is 0.598. The van der Waals surface area contributed by atoms with Gasteiger partial charge < -0.3 is 14.8 Å². The largest absolute Gasteiger partial charge is 0.459 e. The third-order valence-electron chi connectivity index (χ3n) is 5.98. The van der Waals surface area contributed by atoms with Crippen LogP contribution in [0.15, 0.2) is 84.9 Å². The highest BCUT2D eigenvalue weighted by Gasteiger charge is 2.67. The molecule has 1 spiro atoms. The average Bonchev–Trinajstić information content (AvgIpc) is 3.31. The van der Waals surface area contributed by atoms with Crippen molar-refractivity contribution in [3.63, 3.8) is 0 Å². The molecular formula is C27H26N2O4. The van der Waals surface area contributed by atoms with Crippen LogP contribution < -0.4 is 10.6 Å². The van der Waals surface area contributed by atoms with E-state index >= 15 is 0 Å². The van der Waals surface area contributed by atoms with Crippen LogP contribution >= 0.6 is 0 Å². The van der Waals surface area contributed by atoms with E-state index < -0.39 is 34.8 Å². The summed E-state index contributed by atoms with van der Waals surface area (Å²) in [5.41, 5.74) is -0.817. The second-order valence-corrected chi connectivity index (χ2v) is 9.36. The molecule has 0 aliphatic carbocycles. The smallest absolute Gasteiger partial charge is 0.327 e. The van der Waals surface area contributed by atoms with Gasteiger partial charge in [-0.25, -0.2) is 0 Å². The Morgan fingerprint density at radius 3 is 2.00 bits per heavy atom. The zero-order valence-electron chi connectivity index (χ0n) is 18.8. The number of benzene rings is 3. The molecule has 33 heavy (non-hydrogen) atoms. The van der Waals surface area contributed by atoms with E-state index in [4.69, 9.17) is 9.47 Å². The number of amides is 1. The van der Waals surface area contributed by atoms with Gasteiger partial charge in [0.05, 0.1) is 0 Å². The molecule has 5 rings (SSSR count). The van der Waals surface area contributed by atoms with Gasteiger partial charge in [-0.15, -0.1) is 0 Å². The van der Waals surface area contributed by atoms with E-state index in [1.165, 1.54) is 0 Å². The maximum atomic E-state index is 13.6. The van der Waals surface area contributed by atoms with Gasteiger partial charge in [0.2, 0.25) is 5.60 Å². The first-order valence-electron chi connectivity index (χ1n) is 11.0. The first-order chi connectivity index (χ1) is 15.8. The Labute approximate surface area is 192 Å². The van der Waals surface area contributed by atoms with Crippen molar-refractivity contribution < 1.29 is 19.1 Å². The van der Waals surface area contributed by atoms with Crippen molar-refractivity contribution in [2.75, 3.05) is 5.32 Å². The van der Waals surface area contributed by atoms with Crippen LogP contribution in [-0.4, -0.2) is 23.5 Å². The second-order valence-electron chi connectivity index (χ2n) is 9.36. The fourth-order valence-electron chi connectivity index (χ4n) is 4.66. The Balaban J connectivity index is 1.75. The maximum Gasteiger partial charge on any atom is 0.327 e. The second kappa shape index (κ2) is 7.54. The fraction of sp³-hybridized carbons (Fsp3) is 0.259. The number of rotatable bonds is 3. The lowest BCUT2D eigenvalue weighted by Gasteiger charge is -2.32. The molecule has 6 nitrogen and oxygen atoms in total. The molecule has 2 heterocycles. The molecule has 0 radical (unpaired) electrons. The number of esters is 1. The van der Waals surface area contributed by atoms with Gasteiger partial charge >= 0.3 is 5.97 Å². The highest BCUT2D eigenvalue weighted by molar-refractivity contribution is 6.09. The third kappa shape index (κ3) is 3.34. The average molecular weight is 443 g/mol. The Kier molecular flexibility index (Phi) is 4.88. The zero-order valence-corrected chi connectivity index (χ0v) is 18.8. The molecule has 2 atom stereocenters. The lowest BCUT2D eigenvalue weighted by molar-refractivity contribution is -0.167. The van der Waals surface area contributed by atoms with Crippen molar-refractivity contribution in [3.8, 4) is 0 Å². The van der Waals surface area contributed by atoms with Crippen LogP contribution in [0.4, 0.5) is 5.69 Å². The molecule has 168 valence electrons. The molecule has 2 aliphatic rings. The van der Waals surface area contributed by atoms with Gasteiger partial charge in [0.1, 0.15) is 5.60 Å². The molecule has 1 saturated heterocycles. The molecule has 3 aromatic carbocycles. The molecule has 2 N–H and O–H groups in total. The summed E-state index contributed by atoms with van der Waals surface area (Å²) >= 11 is 0. The summed E-state index contributed by atoms with van der Waals surface area (Å²) in [6.07, 6.45) is 0. The van der Waals surface area contributed by atoms with Crippen LogP contribution in [0.5, 0.6) is 0 Å². The monoisotopic (exact) mass is 442 g/mol. The predicted molar refractivity (Wildman–Crippen MR) is 124 cm³/mol. The lowest BCUT2D eigenvalue weighted by atomic mass is 9.88. The van der Waals surface area contributed by atoms with Crippen LogP contribution in [0.2, 0.25) is 0 Å². The number of nitrogens with one attached hydrogen (secondary N) is 2. The SMILES string of the molecule is CC(C)(C)OC(=O)C1NC(c2ccccc2)(c2ccccc2)OC12C(=O)Nc1ccccc12. The van der Waals surface area contributed by atoms with Gasteiger partial charge in [0.15, 0.2) is 11.8 Å². The van der Waals surface area contributed by atoms with Gasteiger partial charge in [-0.3, -0.25) is 14.9 Å².